The molecule has 1 aliphatic rings. The largest absolute Gasteiger partial charge is 0.384 e. The molecular weight excluding hydrogens is 269 g/mol. The van der Waals surface area contributed by atoms with Gasteiger partial charge in [-0.1, -0.05) is 30.3 Å². The molecular formula is C17H16FNO2. The molecule has 0 radical (unpaired) electrons. The Labute approximate surface area is 122 Å². The lowest BCUT2D eigenvalue weighted by Crippen LogP contribution is -2.20. The number of hydrogen-bond donors (Lipinski definition) is 2. The van der Waals surface area contributed by atoms with Gasteiger partial charge in [0, 0.05) is 6.42 Å². The van der Waals surface area contributed by atoms with Gasteiger partial charge in [0.2, 0.25) is 5.91 Å². The molecule has 2 aromatic carbocycles. The Morgan fingerprint density at radius 2 is 2.00 bits per heavy atom. The predicted octanol–water partition coefficient (Wildman–Crippen LogP) is 3.10. The van der Waals surface area contributed by atoms with Crippen molar-refractivity contribution >= 4 is 11.6 Å². The van der Waals surface area contributed by atoms with Gasteiger partial charge in [-0.25, -0.2) is 4.39 Å². The summed E-state index contributed by atoms with van der Waals surface area (Å²) in [5, 5.41) is 13.0. The molecule has 4 heteroatoms. The molecule has 1 heterocycles. The van der Waals surface area contributed by atoms with E-state index in [-0.39, 0.29) is 11.6 Å². The van der Waals surface area contributed by atoms with Crippen LogP contribution in [-0.4, -0.2) is 11.0 Å². The SMILES string of the molecule is Cc1ccccc1C(O)c1cc(F)c2c(c1)CCC(=O)N2. The topological polar surface area (TPSA) is 49.3 Å². The molecule has 0 fully saturated rings. The van der Waals surface area contributed by atoms with E-state index in [1.807, 2.05) is 31.2 Å². The fourth-order valence-corrected chi connectivity index (χ4v) is 2.71. The van der Waals surface area contributed by atoms with Crippen LogP contribution in [0.15, 0.2) is 36.4 Å². The number of nitrogens with one attached hydrogen (secondary N) is 1. The lowest BCUT2D eigenvalue weighted by atomic mass is 9.93. The Kier molecular flexibility index (Phi) is 3.47. The lowest BCUT2D eigenvalue weighted by Gasteiger charge is -2.21. The van der Waals surface area contributed by atoms with Crippen LogP contribution in [0.1, 0.15) is 34.8 Å². The van der Waals surface area contributed by atoms with Crippen molar-refractivity contribution < 1.29 is 14.3 Å². The summed E-state index contributed by atoms with van der Waals surface area (Å²) < 4.78 is 14.2. The maximum atomic E-state index is 14.2. The zero-order chi connectivity index (χ0) is 15.0. The number of amides is 1. The molecule has 2 aromatic rings. The monoisotopic (exact) mass is 285 g/mol. The molecule has 1 amide bonds. The van der Waals surface area contributed by atoms with E-state index < -0.39 is 11.9 Å². The first-order valence-electron chi connectivity index (χ1n) is 6.92. The zero-order valence-corrected chi connectivity index (χ0v) is 11.7. The van der Waals surface area contributed by atoms with Crippen LogP contribution in [0.4, 0.5) is 10.1 Å². The Hall–Kier alpha value is -2.20. The number of anilines is 1. The molecule has 108 valence electrons. The lowest BCUT2D eigenvalue weighted by molar-refractivity contribution is -0.116. The van der Waals surface area contributed by atoms with Crippen molar-refractivity contribution in [3.8, 4) is 0 Å². The highest BCUT2D eigenvalue weighted by Crippen LogP contribution is 2.32. The van der Waals surface area contributed by atoms with Crippen LogP contribution in [0.3, 0.4) is 0 Å². The minimum atomic E-state index is -0.872. The van der Waals surface area contributed by atoms with Gasteiger partial charge in [-0.15, -0.1) is 0 Å². The molecule has 3 nitrogen and oxygen atoms in total. The fraction of sp³-hybridized carbons (Fsp3) is 0.235. The second-order valence-electron chi connectivity index (χ2n) is 5.34. The molecule has 1 aliphatic heterocycles. The van der Waals surface area contributed by atoms with E-state index in [0.717, 1.165) is 16.7 Å². The van der Waals surface area contributed by atoms with Crippen molar-refractivity contribution in [1.82, 2.24) is 0 Å². The van der Waals surface area contributed by atoms with Gasteiger partial charge in [0.15, 0.2) is 0 Å². The number of carbonyl (C=O) groups excluding carboxylic acids is 1. The third-order valence-electron chi connectivity index (χ3n) is 3.88. The van der Waals surface area contributed by atoms with Crippen LogP contribution in [0.2, 0.25) is 0 Å². The van der Waals surface area contributed by atoms with E-state index in [1.54, 1.807) is 6.07 Å². The highest BCUT2D eigenvalue weighted by Gasteiger charge is 2.22. The molecule has 0 saturated heterocycles. The number of aliphatic hydroxyl groups excluding tert-OH is 1. The van der Waals surface area contributed by atoms with Crippen LogP contribution in [-0.2, 0) is 11.2 Å². The van der Waals surface area contributed by atoms with Crippen molar-refractivity contribution in [3.63, 3.8) is 0 Å². The Morgan fingerprint density at radius 3 is 2.76 bits per heavy atom. The number of rotatable bonds is 2. The fourth-order valence-electron chi connectivity index (χ4n) is 2.71. The number of halogens is 1. The highest BCUT2D eigenvalue weighted by molar-refractivity contribution is 5.94. The van der Waals surface area contributed by atoms with Gasteiger partial charge in [0.05, 0.1) is 5.69 Å². The van der Waals surface area contributed by atoms with E-state index in [2.05, 4.69) is 5.32 Å². The van der Waals surface area contributed by atoms with Crippen LogP contribution >= 0.6 is 0 Å². The Morgan fingerprint density at radius 1 is 1.24 bits per heavy atom. The first-order valence-corrected chi connectivity index (χ1v) is 6.92. The van der Waals surface area contributed by atoms with Crippen molar-refractivity contribution in [2.45, 2.75) is 25.9 Å². The van der Waals surface area contributed by atoms with E-state index in [1.165, 1.54) is 6.07 Å². The molecule has 0 saturated carbocycles. The van der Waals surface area contributed by atoms with Gasteiger partial charge in [0.1, 0.15) is 11.9 Å². The van der Waals surface area contributed by atoms with Crippen molar-refractivity contribution in [3.05, 3.63) is 64.5 Å². The van der Waals surface area contributed by atoms with Gasteiger partial charge in [-0.05, 0) is 41.7 Å². The molecule has 21 heavy (non-hydrogen) atoms. The zero-order valence-electron chi connectivity index (χ0n) is 11.7. The normalized spacial score (nSPS) is 15.3. The third-order valence-corrected chi connectivity index (χ3v) is 3.88. The average molecular weight is 285 g/mol. The van der Waals surface area contributed by atoms with E-state index in [9.17, 15) is 14.3 Å². The van der Waals surface area contributed by atoms with Crippen LogP contribution in [0.25, 0.3) is 0 Å². The molecule has 3 rings (SSSR count). The van der Waals surface area contributed by atoms with Crippen LogP contribution in [0.5, 0.6) is 0 Å². The maximum Gasteiger partial charge on any atom is 0.224 e. The number of aryl methyl sites for hydroxylation is 2. The summed E-state index contributed by atoms with van der Waals surface area (Å²) in [5.74, 6) is -0.670. The highest BCUT2D eigenvalue weighted by atomic mass is 19.1. The van der Waals surface area contributed by atoms with Gasteiger partial charge in [-0.2, -0.15) is 0 Å². The molecule has 1 unspecified atom stereocenters. The van der Waals surface area contributed by atoms with E-state index in [4.69, 9.17) is 0 Å². The molecule has 0 spiro atoms. The smallest absolute Gasteiger partial charge is 0.224 e. The standard InChI is InChI=1S/C17H16FNO2/c1-10-4-2-3-5-13(10)17(21)12-8-11-6-7-15(20)19-16(11)14(18)9-12/h2-5,8-9,17,21H,6-7H2,1H3,(H,19,20). The molecule has 0 aromatic heterocycles. The number of benzene rings is 2. The van der Waals surface area contributed by atoms with Crippen molar-refractivity contribution in [2.24, 2.45) is 0 Å². The van der Waals surface area contributed by atoms with Crippen LogP contribution in [0, 0.1) is 12.7 Å². The molecule has 1 atom stereocenters. The summed E-state index contributed by atoms with van der Waals surface area (Å²) in [7, 11) is 0. The first kappa shape index (κ1) is 13.8. The maximum absolute atomic E-state index is 14.2. The van der Waals surface area contributed by atoms with Gasteiger partial charge >= 0.3 is 0 Å². The molecule has 2 N–H and O–H groups in total. The number of fused-ring (bicyclic) bond motifs is 1. The predicted molar refractivity (Wildman–Crippen MR) is 78.6 cm³/mol. The Bertz CT molecular complexity index is 712. The molecule has 0 aliphatic carbocycles. The Balaban J connectivity index is 2.02. The summed E-state index contributed by atoms with van der Waals surface area (Å²) in [5.41, 5.74) is 3.20. The van der Waals surface area contributed by atoms with Crippen LogP contribution < -0.4 is 5.32 Å². The minimum absolute atomic E-state index is 0.173. The number of hydrogen-bond acceptors (Lipinski definition) is 2. The summed E-state index contributed by atoms with van der Waals surface area (Å²) in [6.07, 6.45) is -0.0356. The quantitative estimate of drug-likeness (QED) is 0.890. The molecule has 0 bridgehead atoms. The van der Waals surface area contributed by atoms with Crippen molar-refractivity contribution in [2.75, 3.05) is 5.32 Å². The summed E-state index contributed by atoms with van der Waals surface area (Å²) in [4.78, 5) is 11.3. The summed E-state index contributed by atoms with van der Waals surface area (Å²) in [6.45, 7) is 1.91. The van der Waals surface area contributed by atoms with Gasteiger partial charge in [0.25, 0.3) is 0 Å². The first-order chi connectivity index (χ1) is 10.1. The number of aliphatic hydroxyl groups is 1. The summed E-state index contributed by atoms with van der Waals surface area (Å²) in [6, 6.07) is 10.6. The third kappa shape index (κ3) is 2.54. The van der Waals surface area contributed by atoms with E-state index in [0.29, 0.717) is 18.4 Å². The second-order valence-corrected chi connectivity index (χ2v) is 5.34. The minimum Gasteiger partial charge on any atom is -0.384 e. The second kappa shape index (κ2) is 5.30. The summed E-state index contributed by atoms with van der Waals surface area (Å²) >= 11 is 0. The van der Waals surface area contributed by atoms with Gasteiger partial charge < -0.3 is 10.4 Å². The van der Waals surface area contributed by atoms with E-state index >= 15 is 0 Å². The van der Waals surface area contributed by atoms with Crippen molar-refractivity contribution in [1.29, 1.82) is 0 Å². The average Bonchev–Trinajstić information content (AvgIpc) is 2.47. The number of carbonyl (C=O) groups is 1. The van der Waals surface area contributed by atoms with Gasteiger partial charge in [-0.3, -0.25) is 4.79 Å².